The number of amides is 2. The van der Waals surface area contributed by atoms with Crippen molar-refractivity contribution in [2.24, 2.45) is 5.92 Å². The van der Waals surface area contributed by atoms with Gasteiger partial charge in [0.05, 0.1) is 13.2 Å². The zero-order chi connectivity index (χ0) is 28.8. The van der Waals surface area contributed by atoms with Gasteiger partial charge in [-0.2, -0.15) is 0 Å². The van der Waals surface area contributed by atoms with Crippen LogP contribution >= 0.6 is 11.6 Å². The number of imidazole rings is 1. The predicted molar refractivity (Wildman–Crippen MR) is 155 cm³/mol. The maximum absolute atomic E-state index is 13.3. The van der Waals surface area contributed by atoms with Crippen molar-refractivity contribution in [3.8, 4) is 28.6 Å². The summed E-state index contributed by atoms with van der Waals surface area (Å²) in [5, 5.41) is 6.51. The Kier molecular flexibility index (Phi) is 9.31. The highest BCUT2D eigenvalue weighted by molar-refractivity contribution is 6.31. The van der Waals surface area contributed by atoms with Gasteiger partial charge in [-0.15, -0.1) is 0 Å². The van der Waals surface area contributed by atoms with E-state index in [-0.39, 0.29) is 31.1 Å². The van der Waals surface area contributed by atoms with Crippen LogP contribution in [0.1, 0.15) is 32.3 Å². The van der Waals surface area contributed by atoms with E-state index in [9.17, 15) is 9.59 Å². The smallest absolute Gasteiger partial charge is 0.242 e. The van der Waals surface area contributed by atoms with Crippen molar-refractivity contribution in [1.82, 2.24) is 25.1 Å². The predicted octanol–water partition coefficient (Wildman–Crippen LogP) is 3.86. The van der Waals surface area contributed by atoms with Gasteiger partial charge >= 0.3 is 0 Å². The molecule has 3 aromatic rings. The van der Waals surface area contributed by atoms with E-state index in [2.05, 4.69) is 15.6 Å². The summed E-state index contributed by atoms with van der Waals surface area (Å²) < 4.78 is 19.1. The Morgan fingerprint density at radius 1 is 1.10 bits per heavy atom. The minimum absolute atomic E-state index is 0.0977. The van der Waals surface area contributed by atoms with Crippen LogP contribution < -0.4 is 24.8 Å². The summed E-state index contributed by atoms with van der Waals surface area (Å²) in [5.41, 5.74) is 1.76. The third-order valence-corrected chi connectivity index (χ3v) is 7.36. The molecular weight excluding hydrogens is 546 g/mol. The monoisotopic (exact) mass is 581 g/mol. The van der Waals surface area contributed by atoms with Crippen LogP contribution in [-0.4, -0.2) is 65.3 Å². The third kappa shape index (κ3) is 7.51. The molecule has 2 aliphatic heterocycles. The van der Waals surface area contributed by atoms with E-state index in [1.54, 1.807) is 12.3 Å². The molecule has 2 aliphatic rings. The van der Waals surface area contributed by atoms with Crippen molar-refractivity contribution in [1.29, 1.82) is 0 Å². The fourth-order valence-corrected chi connectivity index (χ4v) is 5.27. The van der Waals surface area contributed by atoms with Gasteiger partial charge in [-0.25, -0.2) is 4.98 Å². The molecule has 10 nitrogen and oxygen atoms in total. The lowest BCUT2D eigenvalue weighted by molar-refractivity contribution is -0.130. The minimum atomic E-state index is -0.639. The van der Waals surface area contributed by atoms with E-state index in [0.29, 0.717) is 62.1 Å². The molecule has 2 aromatic carbocycles. The standard InChI is InChI=1S/C30H36ClN5O5/c1-20(2)13-25-30(38)33-8-11-36-10-7-32-29(36)21-5-3-6-23(14-21)39-12-4-9-35(18-28(37)34-25)17-22-15-26-27(16-24(22)31)41-19-40-26/h3,5-7,10,14-16,20,25H,4,8-9,11-13,17-19H2,1-2H3,(H,33,38)(H,34,37)/t25-/m1/s1. The average molecular weight is 582 g/mol. The first-order chi connectivity index (χ1) is 19.9. The third-order valence-electron chi connectivity index (χ3n) is 7.01. The van der Waals surface area contributed by atoms with Crippen LogP contribution in [0.4, 0.5) is 0 Å². The lowest BCUT2D eigenvalue weighted by Crippen LogP contribution is -2.50. The minimum Gasteiger partial charge on any atom is -0.494 e. The lowest BCUT2D eigenvalue weighted by atomic mass is 10.0. The number of aromatic nitrogens is 2. The highest BCUT2D eigenvalue weighted by Gasteiger charge is 2.24. The van der Waals surface area contributed by atoms with Gasteiger partial charge in [0.15, 0.2) is 11.5 Å². The van der Waals surface area contributed by atoms with Gasteiger partial charge in [-0.3, -0.25) is 14.5 Å². The first-order valence-corrected chi connectivity index (χ1v) is 14.4. The van der Waals surface area contributed by atoms with Gasteiger partial charge < -0.3 is 29.4 Å². The van der Waals surface area contributed by atoms with E-state index >= 15 is 0 Å². The Hall–Kier alpha value is -3.76. The Morgan fingerprint density at radius 2 is 1.93 bits per heavy atom. The second-order valence-corrected chi connectivity index (χ2v) is 11.1. The van der Waals surface area contributed by atoms with Crippen LogP contribution in [0.2, 0.25) is 5.02 Å². The highest BCUT2D eigenvalue weighted by Crippen LogP contribution is 2.37. The van der Waals surface area contributed by atoms with E-state index in [1.807, 2.05) is 59.8 Å². The quantitative estimate of drug-likeness (QED) is 0.482. The van der Waals surface area contributed by atoms with Crippen LogP contribution in [0.5, 0.6) is 17.2 Å². The van der Waals surface area contributed by atoms with Crippen molar-refractivity contribution >= 4 is 23.4 Å². The second kappa shape index (κ2) is 13.3. The molecule has 11 heteroatoms. The highest BCUT2D eigenvalue weighted by atomic mass is 35.5. The molecule has 2 N–H and O–H groups in total. The molecule has 41 heavy (non-hydrogen) atoms. The van der Waals surface area contributed by atoms with Crippen LogP contribution in [0.25, 0.3) is 11.4 Å². The van der Waals surface area contributed by atoms with Crippen LogP contribution in [-0.2, 0) is 22.7 Å². The van der Waals surface area contributed by atoms with Crippen molar-refractivity contribution in [3.63, 3.8) is 0 Å². The molecule has 1 atom stereocenters. The topological polar surface area (TPSA) is 107 Å². The molecule has 0 saturated heterocycles. The molecule has 1 aromatic heterocycles. The molecular formula is C30H36ClN5O5. The maximum Gasteiger partial charge on any atom is 0.242 e. The Morgan fingerprint density at radius 3 is 2.76 bits per heavy atom. The summed E-state index contributed by atoms with van der Waals surface area (Å²) in [7, 11) is 0. The summed E-state index contributed by atoms with van der Waals surface area (Å²) in [6.07, 6.45) is 4.84. The number of ether oxygens (including phenoxy) is 3. The molecule has 0 unspecified atom stereocenters. The summed E-state index contributed by atoms with van der Waals surface area (Å²) in [6.45, 7) is 6.71. The van der Waals surface area contributed by atoms with Gasteiger partial charge in [0.25, 0.3) is 0 Å². The fraction of sp³-hybridized carbons (Fsp3) is 0.433. The zero-order valence-corrected chi connectivity index (χ0v) is 24.2. The van der Waals surface area contributed by atoms with Crippen LogP contribution in [0.3, 0.4) is 0 Å². The number of benzene rings is 2. The number of carbonyl (C=O) groups excluding carboxylic acids is 2. The molecule has 218 valence electrons. The SMILES string of the molecule is CC(C)C[C@H]1NC(=O)CN(Cc2cc3c(cc2Cl)OCO3)CCCOc2cccc(c2)-c2nccn2CCNC1=O. The molecule has 0 fully saturated rings. The van der Waals surface area contributed by atoms with Crippen molar-refractivity contribution in [2.75, 3.05) is 33.0 Å². The number of hydrogen-bond donors (Lipinski definition) is 2. The first kappa shape index (κ1) is 28.8. The van der Waals surface area contributed by atoms with Gasteiger partial charge in [-0.05, 0) is 42.5 Å². The summed E-state index contributed by atoms with van der Waals surface area (Å²) >= 11 is 6.56. The van der Waals surface area contributed by atoms with Gasteiger partial charge in [0.1, 0.15) is 17.6 Å². The Bertz CT molecular complexity index is 1380. The van der Waals surface area contributed by atoms with Crippen LogP contribution in [0, 0.1) is 5.92 Å². The Labute approximate surface area is 244 Å². The lowest BCUT2D eigenvalue weighted by Gasteiger charge is -2.25. The summed E-state index contributed by atoms with van der Waals surface area (Å²) in [5.74, 6) is 2.57. The maximum atomic E-state index is 13.3. The van der Waals surface area contributed by atoms with Gasteiger partial charge in [0, 0.05) is 55.2 Å². The number of nitrogens with zero attached hydrogens (tertiary/aromatic N) is 3. The zero-order valence-electron chi connectivity index (χ0n) is 23.4. The second-order valence-electron chi connectivity index (χ2n) is 10.7. The molecule has 2 bridgehead atoms. The van der Waals surface area contributed by atoms with E-state index in [1.165, 1.54) is 0 Å². The molecule has 0 radical (unpaired) electrons. The van der Waals surface area contributed by atoms with Crippen LogP contribution in [0.15, 0.2) is 48.8 Å². The number of rotatable bonds is 4. The summed E-state index contributed by atoms with van der Waals surface area (Å²) in [6, 6.07) is 10.8. The molecule has 0 spiro atoms. The number of carbonyl (C=O) groups is 2. The van der Waals surface area contributed by atoms with E-state index in [0.717, 1.165) is 22.7 Å². The molecule has 5 rings (SSSR count). The summed E-state index contributed by atoms with van der Waals surface area (Å²) in [4.78, 5) is 33.0. The van der Waals surface area contributed by atoms with Crippen molar-refractivity contribution < 1.29 is 23.8 Å². The molecule has 0 aliphatic carbocycles. The fourth-order valence-electron chi connectivity index (χ4n) is 5.06. The van der Waals surface area contributed by atoms with Gasteiger partial charge in [-0.1, -0.05) is 37.6 Å². The Balaban J connectivity index is 1.37. The van der Waals surface area contributed by atoms with Gasteiger partial charge in [0.2, 0.25) is 18.6 Å². The number of nitrogens with one attached hydrogen (secondary N) is 2. The number of halogens is 1. The number of fused-ring (bicyclic) bond motifs is 5. The van der Waals surface area contributed by atoms with Crippen molar-refractivity contribution in [3.05, 3.63) is 59.4 Å². The average Bonchev–Trinajstić information content (AvgIpc) is 3.59. The normalized spacial score (nSPS) is 18.6. The largest absolute Gasteiger partial charge is 0.494 e. The molecule has 2 amide bonds. The van der Waals surface area contributed by atoms with Crippen molar-refractivity contribution in [2.45, 2.75) is 45.8 Å². The number of hydrogen-bond acceptors (Lipinski definition) is 7. The molecule has 0 saturated carbocycles. The van der Waals surface area contributed by atoms with E-state index < -0.39 is 6.04 Å². The molecule has 3 heterocycles. The first-order valence-electron chi connectivity index (χ1n) is 14.0. The van der Waals surface area contributed by atoms with E-state index in [4.69, 9.17) is 25.8 Å².